The summed E-state index contributed by atoms with van der Waals surface area (Å²) in [6, 6.07) is 1.16. The summed E-state index contributed by atoms with van der Waals surface area (Å²) in [6.45, 7) is 5.31. The van der Waals surface area contributed by atoms with E-state index in [1.165, 1.54) is 6.20 Å². The van der Waals surface area contributed by atoms with Crippen LogP contribution in [0.15, 0.2) is 17.1 Å². The number of rotatable bonds is 3. The number of anilines is 1. The minimum atomic E-state index is -1.31. The maximum atomic E-state index is 14.7. The number of benzene rings is 1. The van der Waals surface area contributed by atoms with Gasteiger partial charge in [-0.1, -0.05) is 0 Å². The molecule has 3 rings (SSSR count). The third kappa shape index (κ3) is 2.45. The highest BCUT2D eigenvalue weighted by Crippen LogP contribution is 2.32. The number of carbonyl (C=O) groups is 1. The molecule has 128 valence electrons. The van der Waals surface area contributed by atoms with Crippen LogP contribution in [0.2, 0.25) is 0 Å². The lowest BCUT2D eigenvalue weighted by Gasteiger charge is -2.24. The molecule has 24 heavy (non-hydrogen) atoms. The van der Waals surface area contributed by atoms with Gasteiger partial charge in [0.15, 0.2) is 0 Å². The number of nitrogens with two attached hydrogens (primary N) is 1. The van der Waals surface area contributed by atoms with Crippen molar-refractivity contribution in [1.29, 1.82) is 0 Å². The number of hydrogen-bond acceptors (Lipinski definition) is 4. The SMILES string of the molecule is CCn1cc(C(=O)O)c(=O)c2cc(F)c(N3CCC(N)C3)c(C)c21. The molecular formula is C17H20FN3O3. The van der Waals surface area contributed by atoms with Crippen LogP contribution in [-0.2, 0) is 6.54 Å². The molecule has 6 nitrogen and oxygen atoms in total. The first kappa shape index (κ1) is 16.4. The number of halogens is 1. The van der Waals surface area contributed by atoms with Crippen LogP contribution in [0.25, 0.3) is 10.9 Å². The van der Waals surface area contributed by atoms with Gasteiger partial charge in [0.2, 0.25) is 5.43 Å². The zero-order valence-electron chi connectivity index (χ0n) is 13.7. The first-order valence-corrected chi connectivity index (χ1v) is 7.95. The molecule has 0 spiro atoms. The molecule has 3 N–H and O–H groups in total. The molecule has 0 radical (unpaired) electrons. The Morgan fingerprint density at radius 3 is 2.75 bits per heavy atom. The summed E-state index contributed by atoms with van der Waals surface area (Å²) in [5, 5.41) is 9.31. The molecule has 0 saturated carbocycles. The standard InChI is InChI=1S/C17H20FN3O3/c1-3-20-8-12(17(23)24)16(22)11-6-13(18)15(9(2)14(11)20)21-5-4-10(19)7-21/h6,8,10H,3-5,7,19H2,1-2H3,(H,23,24). The third-order valence-corrected chi connectivity index (χ3v) is 4.64. The van der Waals surface area contributed by atoms with Crippen molar-refractivity contribution in [2.24, 2.45) is 5.73 Å². The Morgan fingerprint density at radius 2 is 2.21 bits per heavy atom. The normalized spacial score (nSPS) is 17.7. The van der Waals surface area contributed by atoms with Gasteiger partial charge in [-0.25, -0.2) is 9.18 Å². The van der Waals surface area contributed by atoms with Crippen molar-refractivity contribution in [2.45, 2.75) is 32.9 Å². The van der Waals surface area contributed by atoms with Crippen molar-refractivity contribution >= 4 is 22.6 Å². The second kappa shape index (κ2) is 5.90. The number of hydrogen-bond donors (Lipinski definition) is 2. The fourth-order valence-electron chi connectivity index (χ4n) is 3.50. The number of aryl methyl sites for hydroxylation is 2. The Hall–Kier alpha value is -2.41. The van der Waals surface area contributed by atoms with Gasteiger partial charge in [-0.2, -0.15) is 0 Å². The second-order valence-corrected chi connectivity index (χ2v) is 6.19. The van der Waals surface area contributed by atoms with Gasteiger partial charge < -0.3 is 20.3 Å². The van der Waals surface area contributed by atoms with Crippen molar-refractivity contribution in [1.82, 2.24) is 4.57 Å². The van der Waals surface area contributed by atoms with E-state index in [4.69, 9.17) is 5.73 Å². The van der Waals surface area contributed by atoms with Gasteiger partial charge >= 0.3 is 5.97 Å². The number of pyridine rings is 1. The molecule has 0 amide bonds. The van der Waals surface area contributed by atoms with Gasteiger partial charge in [-0.05, 0) is 31.9 Å². The van der Waals surface area contributed by atoms with Gasteiger partial charge in [0.05, 0.1) is 11.2 Å². The fraction of sp³-hybridized carbons (Fsp3) is 0.412. The lowest BCUT2D eigenvalue weighted by atomic mass is 10.0. The Kier molecular flexibility index (Phi) is 4.04. The fourth-order valence-corrected chi connectivity index (χ4v) is 3.50. The summed E-state index contributed by atoms with van der Waals surface area (Å²) in [5.41, 5.74) is 6.57. The second-order valence-electron chi connectivity index (χ2n) is 6.19. The van der Waals surface area contributed by atoms with Crippen LogP contribution in [0.5, 0.6) is 0 Å². The maximum Gasteiger partial charge on any atom is 0.341 e. The molecule has 1 aliphatic heterocycles. The van der Waals surface area contributed by atoms with Crippen LogP contribution in [0.3, 0.4) is 0 Å². The molecule has 1 aromatic heterocycles. The van der Waals surface area contributed by atoms with Crippen molar-refractivity contribution in [3.05, 3.63) is 39.4 Å². The number of aromatic nitrogens is 1. The van der Waals surface area contributed by atoms with E-state index in [0.29, 0.717) is 36.4 Å². The Balaban J connectivity index is 2.34. The number of carboxylic acids is 1. The van der Waals surface area contributed by atoms with Crippen LogP contribution < -0.4 is 16.1 Å². The van der Waals surface area contributed by atoms with Crippen molar-refractivity contribution in [3.63, 3.8) is 0 Å². The van der Waals surface area contributed by atoms with Crippen LogP contribution in [0.1, 0.15) is 29.3 Å². The van der Waals surface area contributed by atoms with Gasteiger partial charge in [-0.3, -0.25) is 4.79 Å². The first-order valence-electron chi connectivity index (χ1n) is 7.95. The highest BCUT2D eigenvalue weighted by atomic mass is 19.1. The van der Waals surface area contributed by atoms with Crippen molar-refractivity contribution in [2.75, 3.05) is 18.0 Å². The van der Waals surface area contributed by atoms with Gasteiger partial charge in [0.1, 0.15) is 11.4 Å². The minimum Gasteiger partial charge on any atom is -0.477 e. The molecule has 1 fully saturated rings. The van der Waals surface area contributed by atoms with Crippen LogP contribution in [0.4, 0.5) is 10.1 Å². The molecule has 1 aliphatic rings. The molecule has 1 unspecified atom stereocenters. The van der Waals surface area contributed by atoms with E-state index in [0.717, 1.165) is 12.5 Å². The van der Waals surface area contributed by atoms with E-state index >= 15 is 0 Å². The first-order chi connectivity index (χ1) is 11.3. The number of aromatic carboxylic acids is 1. The molecule has 7 heteroatoms. The highest BCUT2D eigenvalue weighted by Gasteiger charge is 2.26. The molecule has 1 aromatic carbocycles. The van der Waals surface area contributed by atoms with Crippen LogP contribution in [0, 0.1) is 12.7 Å². The molecule has 1 atom stereocenters. The Bertz CT molecular complexity index is 891. The third-order valence-electron chi connectivity index (χ3n) is 4.64. The van der Waals surface area contributed by atoms with Crippen molar-refractivity contribution < 1.29 is 14.3 Å². The summed E-state index contributed by atoms with van der Waals surface area (Å²) < 4.78 is 16.4. The van der Waals surface area contributed by atoms with E-state index < -0.39 is 17.2 Å². The predicted octanol–water partition coefficient (Wildman–Crippen LogP) is 1.70. The zero-order chi connectivity index (χ0) is 17.6. The summed E-state index contributed by atoms with van der Waals surface area (Å²) in [7, 11) is 0. The van der Waals surface area contributed by atoms with E-state index in [2.05, 4.69) is 0 Å². The van der Waals surface area contributed by atoms with E-state index in [1.807, 2.05) is 11.8 Å². The average Bonchev–Trinajstić information content (AvgIpc) is 2.94. The smallest absolute Gasteiger partial charge is 0.341 e. The summed E-state index contributed by atoms with van der Waals surface area (Å²) in [5.74, 6) is -1.83. The number of carboxylic acid groups (broad SMARTS) is 1. The molecule has 2 aromatic rings. The minimum absolute atomic E-state index is 0.00208. The summed E-state index contributed by atoms with van der Waals surface area (Å²) in [6.07, 6.45) is 2.12. The predicted molar refractivity (Wildman–Crippen MR) is 90.3 cm³/mol. The van der Waals surface area contributed by atoms with E-state index in [-0.39, 0.29) is 17.0 Å². The molecule has 1 saturated heterocycles. The number of fused-ring (bicyclic) bond motifs is 1. The summed E-state index contributed by atoms with van der Waals surface area (Å²) in [4.78, 5) is 25.6. The van der Waals surface area contributed by atoms with Gasteiger partial charge in [0, 0.05) is 37.3 Å². The lowest BCUT2D eigenvalue weighted by Crippen LogP contribution is -2.28. The molecule has 2 heterocycles. The topological polar surface area (TPSA) is 88.6 Å². The molecular weight excluding hydrogens is 313 g/mol. The van der Waals surface area contributed by atoms with E-state index in [9.17, 15) is 19.1 Å². The molecule has 0 aliphatic carbocycles. The van der Waals surface area contributed by atoms with Crippen molar-refractivity contribution in [3.8, 4) is 0 Å². The quantitative estimate of drug-likeness (QED) is 0.892. The lowest BCUT2D eigenvalue weighted by molar-refractivity contribution is 0.0695. The maximum absolute atomic E-state index is 14.7. The monoisotopic (exact) mass is 333 g/mol. The number of nitrogens with zero attached hydrogens (tertiary/aromatic N) is 2. The Labute approximate surface area is 138 Å². The average molecular weight is 333 g/mol. The van der Waals surface area contributed by atoms with Crippen LogP contribution >= 0.6 is 0 Å². The van der Waals surface area contributed by atoms with Gasteiger partial charge in [0.25, 0.3) is 0 Å². The highest BCUT2D eigenvalue weighted by molar-refractivity contribution is 5.95. The Morgan fingerprint density at radius 1 is 1.50 bits per heavy atom. The van der Waals surface area contributed by atoms with Gasteiger partial charge in [-0.15, -0.1) is 0 Å². The summed E-state index contributed by atoms with van der Waals surface area (Å²) >= 11 is 0. The largest absolute Gasteiger partial charge is 0.477 e. The molecule has 0 bridgehead atoms. The zero-order valence-corrected chi connectivity index (χ0v) is 13.7. The van der Waals surface area contributed by atoms with Crippen LogP contribution in [-0.4, -0.2) is 34.8 Å². The van der Waals surface area contributed by atoms with E-state index in [1.54, 1.807) is 11.5 Å².